The fourth-order valence-electron chi connectivity index (χ4n) is 1.58. The van der Waals surface area contributed by atoms with E-state index in [0.29, 0.717) is 16.4 Å². The van der Waals surface area contributed by atoms with Crippen LogP contribution in [0.3, 0.4) is 0 Å². The van der Waals surface area contributed by atoms with Gasteiger partial charge < -0.3 is 19.8 Å². The van der Waals surface area contributed by atoms with Crippen LogP contribution in [-0.4, -0.2) is 35.2 Å². The SMILES string of the molecule is COC(=O)c1c[nH]c2ccc(B(O)O)cc12. The Kier molecular flexibility index (Phi) is 2.68. The average molecular weight is 219 g/mol. The van der Waals surface area contributed by atoms with Crippen molar-refractivity contribution in [2.75, 3.05) is 7.11 Å². The summed E-state index contributed by atoms with van der Waals surface area (Å²) < 4.78 is 4.62. The maximum Gasteiger partial charge on any atom is 0.488 e. The Labute approximate surface area is 91.8 Å². The molecule has 0 aliphatic heterocycles. The van der Waals surface area contributed by atoms with Gasteiger partial charge in [-0.05, 0) is 11.5 Å². The number of carbonyl (C=O) groups excluding carboxylic acids is 1. The summed E-state index contributed by atoms with van der Waals surface area (Å²) >= 11 is 0. The van der Waals surface area contributed by atoms with E-state index in [2.05, 4.69) is 9.72 Å². The molecule has 0 unspecified atom stereocenters. The summed E-state index contributed by atoms with van der Waals surface area (Å²) in [6.07, 6.45) is 1.53. The number of aromatic amines is 1. The minimum atomic E-state index is -1.55. The Morgan fingerprint density at radius 3 is 2.81 bits per heavy atom. The molecule has 0 aliphatic carbocycles. The molecule has 0 saturated heterocycles. The van der Waals surface area contributed by atoms with Gasteiger partial charge in [-0.3, -0.25) is 0 Å². The van der Waals surface area contributed by atoms with E-state index < -0.39 is 13.1 Å². The van der Waals surface area contributed by atoms with Crippen LogP contribution < -0.4 is 5.46 Å². The number of H-pyrrole nitrogens is 1. The van der Waals surface area contributed by atoms with Crippen LogP contribution in [0.15, 0.2) is 24.4 Å². The second-order valence-corrected chi connectivity index (χ2v) is 3.37. The molecule has 5 nitrogen and oxygen atoms in total. The molecule has 0 spiro atoms. The highest BCUT2D eigenvalue weighted by Crippen LogP contribution is 2.17. The van der Waals surface area contributed by atoms with Crippen molar-refractivity contribution in [3.05, 3.63) is 30.0 Å². The fourth-order valence-corrected chi connectivity index (χ4v) is 1.58. The molecular formula is C10H10BNO4. The van der Waals surface area contributed by atoms with E-state index in [1.807, 2.05) is 0 Å². The van der Waals surface area contributed by atoms with Gasteiger partial charge in [0.05, 0.1) is 12.7 Å². The van der Waals surface area contributed by atoms with Gasteiger partial charge in [0.1, 0.15) is 0 Å². The molecule has 2 aromatic rings. The van der Waals surface area contributed by atoms with Crippen molar-refractivity contribution in [2.24, 2.45) is 0 Å². The first kappa shape index (κ1) is 10.7. The third kappa shape index (κ3) is 1.68. The molecule has 0 atom stereocenters. The molecule has 82 valence electrons. The number of nitrogens with one attached hydrogen (secondary N) is 1. The van der Waals surface area contributed by atoms with Gasteiger partial charge in [0.2, 0.25) is 0 Å². The van der Waals surface area contributed by atoms with Crippen LogP contribution in [0.2, 0.25) is 0 Å². The fraction of sp³-hybridized carbons (Fsp3) is 0.100. The van der Waals surface area contributed by atoms with Crippen molar-refractivity contribution in [3.63, 3.8) is 0 Å². The Hall–Kier alpha value is -1.79. The smallest absolute Gasteiger partial charge is 0.465 e. The summed E-state index contributed by atoms with van der Waals surface area (Å²) in [4.78, 5) is 14.3. The molecule has 16 heavy (non-hydrogen) atoms. The van der Waals surface area contributed by atoms with Crippen LogP contribution in [0.1, 0.15) is 10.4 Å². The summed E-state index contributed by atoms with van der Waals surface area (Å²) in [6, 6.07) is 4.80. The molecule has 2 rings (SSSR count). The molecule has 0 fully saturated rings. The standard InChI is InChI=1S/C10H10BNO4/c1-16-10(13)8-5-12-9-3-2-6(11(14)15)4-7(8)9/h2-5,12,14-15H,1H3. The number of rotatable bonds is 2. The summed E-state index contributed by atoms with van der Waals surface area (Å²) in [5, 5.41) is 18.7. The zero-order valence-electron chi connectivity index (χ0n) is 8.60. The van der Waals surface area contributed by atoms with Crippen molar-refractivity contribution in [3.8, 4) is 0 Å². The van der Waals surface area contributed by atoms with E-state index in [1.54, 1.807) is 18.2 Å². The summed E-state index contributed by atoms with van der Waals surface area (Å²) in [7, 11) is -0.254. The molecular weight excluding hydrogens is 209 g/mol. The highest BCUT2D eigenvalue weighted by atomic mass is 16.5. The van der Waals surface area contributed by atoms with E-state index in [4.69, 9.17) is 10.0 Å². The second kappa shape index (κ2) is 4.00. The van der Waals surface area contributed by atoms with Gasteiger partial charge >= 0.3 is 13.1 Å². The van der Waals surface area contributed by atoms with Crippen LogP contribution in [0.25, 0.3) is 10.9 Å². The molecule has 0 aliphatic rings. The number of methoxy groups -OCH3 is 1. The number of carbonyl (C=O) groups is 1. The monoisotopic (exact) mass is 219 g/mol. The first-order valence-corrected chi connectivity index (χ1v) is 4.69. The number of aromatic nitrogens is 1. The maximum atomic E-state index is 11.4. The molecule has 3 N–H and O–H groups in total. The summed E-state index contributed by atoms with van der Waals surface area (Å²) in [5.41, 5.74) is 1.45. The lowest BCUT2D eigenvalue weighted by molar-refractivity contribution is 0.0603. The lowest BCUT2D eigenvalue weighted by Gasteiger charge is -2.00. The van der Waals surface area contributed by atoms with Gasteiger partial charge in [0, 0.05) is 17.1 Å². The summed E-state index contributed by atoms with van der Waals surface area (Å²) in [5.74, 6) is -0.462. The third-order valence-corrected chi connectivity index (χ3v) is 2.41. The van der Waals surface area contributed by atoms with E-state index in [-0.39, 0.29) is 0 Å². The lowest BCUT2D eigenvalue weighted by Crippen LogP contribution is -2.29. The highest BCUT2D eigenvalue weighted by molar-refractivity contribution is 6.59. The Morgan fingerprint density at radius 1 is 1.44 bits per heavy atom. The topological polar surface area (TPSA) is 82.6 Å². The van der Waals surface area contributed by atoms with Crippen molar-refractivity contribution >= 4 is 29.5 Å². The lowest BCUT2D eigenvalue weighted by atomic mass is 9.80. The Bertz CT molecular complexity index is 535. The van der Waals surface area contributed by atoms with E-state index in [0.717, 1.165) is 5.52 Å². The van der Waals surface area contributed by atoms with Crippen molar-refractivity contribution in [2.45, 2.75) is 0 Å². The van der Waals surface area contributed by atoms with E-state index >= 15 is 0 Å². The minimum Gasteiger partial charge on any atom is -0.465 e. The largest absolute Gasteiger partial charge is 0.488 e. The number of esters is 1. The molecule has 0 amide bonds. The van der Waals surface area contributed by atoms with Crippen LogP contribution in [0.5, 0.6) is 0 Å². The number of hydrogen-bond acceptors (Lipinski definition) is 4. The van der Waals surface area contributed by atoms with Gasteiger partial charge in [-0.15, -0.1) is 0 Å². The van der Waals surface area contributed by atoms with Gasteiger partial charge in [-0.25, -0.2) is 4.79 Å². The number of fused-ring (bicyclic) bond motifs is 1. The second-order valence-electron chi connectivity index (χ2n) is 3.37. The Balaban J connectivity index is 2.60. The van der Waals surface area contributed by atoms with Crippen LogP contribution in [0.4, 0.5) is 0 Å². The molecule has 1 heterocycles. The van der Waals surface area contributed by atoms with Gasteiger partial charge in [0.15, 0.2) is 0 Å². The van der Waals surface area contributed by atoms with Crippen molar-refractivity contribution in [1.29, 1.82) is 0 Å². The van der Waals surface area contributed by atoms with Crippen molar-refractivity contribution in [1.82, 2.24) is 4.98 Å². The predicted octanol–water partition coefficient (Wildman–Crippen LogP) is -0.366. The summed E-state index contributed by atoms with van der Waals surface area (Å²) in [6.45, 7) is 0. The highest BCUT2D eigenvalue weighted by Gasteiger charge is 2.16. The van der Waals surface area contributed by atoms with Gasteiger partial charge in [-0.2, -0.15) is 0 Å². The first-order chi connectivity index (χ1) is 7.63. The van der Waals surface area contributed by atoms with Gasteiger partial charge in [0.25, 0.3) is 0 Å². The van der Waals surface area contributed by atoms with Crippen LogP contribution >= 0.6 is 0 Å². The van der Waals surface area contributed by atoms with E-state index in [1.165, 1.54) is 13.3 Å². The number of benzene rings is 1. The zero-order chi connectivity index (χ0) is 11.7. The molecule has 1 aromatic carbocycles. The first-order valence-electron chi connectivity index (χ1n) is 4.69. The molecule has 0 radical (unpaired) electrons. The molecule has 0 bridgehead atoms. The minimum absolute atomic E-state index is 0.331. The van der Waals surface area contributed by atoms with Crippen LogP contribution in [-0.2, 0) is 4.74 Å². The van der Waals surface area contributed by atoms with Crippen LogP contribution in [0, 0.1) is 0 Å². The molecule has 1 aromatic heterocycles. The molecule has 6 heteroatoms. The molecule has 0 saturated carbocycles. The number of ether oxygens (including phenoxy) is 1. The number of hydrogen-bond donors (Lipinski definition) is 3. The maximum absolute atomic E-state index is 11.4. The van der Waals surface area contributed by atoms with E-state index in [9.17, 15) is 4.79 Å². The Morgan fingerprint density at radius 2 is 2.19 bits per heavy atom. The van der Waals surface area contributed by atoms with Crippen molar-refractivity contribution < 1.29 is 19.6 Å². The normalized spacial score (nSPS) is 10.4. The third-order valence-electron chi connectivity index (χ3n) is 2.41. The van der Waals surface area contributed by atoms with Gasteiger partial charge in [-0.1, -0.05) is 12.1 Å². The zero-order valence-corrected chi connectivity index (χ0v) is 8.60. The predicted molar refractivity (Wildman–Crippen MR) is 59.5 cm³/mol. The quantitative estimate of drug-likeness (QED) is 0.475. The average Bonchev–Trinajstić information content (AvgIpc) is 2.70.